The molecule has 0 saturated heterocycles. The first-order valence-corrected chi connectivity index (χ1v) is 9.46. The molecule has 3 nitrogen and oxygen atoms in total. The molecule has 1 saturated carbocycles. The molecule has 0 unspecified atom stereocenters. The molecule has 0 spiro atoms. The molecular weight excluding hydrogens is 395 g/mol. The Labute approximate surface area is 166 Å². The zero-order valence-electron chi connectivity index (χ0n) is 14.5. The number of thiocarbonyl (C=S) groups is 1. The molecule has 2 aromatic rings. The molecule has 144 valence electrons. The van der Waals surface area contributed by atoms with Crippen LogP contribution in [-0.4, -0.2) is 21.0 Å². The molecule has 3 rings (SSSR count). The number of halogens is 4. The lowest BCUT2D eigenvalue weighted by Crippen LogP contribution is -2.41. The van der Waals surface area contributed by atoms with Crippen LogP contribution in [0, 0.1) is 0 Å². The average molecular weight is 414 g/mol. The first-order chi connectivity index (χ1) is 12.8. The first-order valence-electron chi connectivity index (χ1n) is 8.68. The number of aromatic nitrogens is 1. The average Bonchev–Trinajstić information content (AvgIpc) is 3.15. The fourth-order valence-corrected chi connectivity index (χ4v) is 3.84. The van der Waals surface area contributed by atoms with Gasteiger partial charge in [-0.1, -0.05) is 24.4 Å². The highest BCUT2D eigenvalue weighted by molar-refractivity contribution is 7.80. The number of hydrogen-bond acceptors (Lipinski definition) is 2. The molecule has 1 aromatic carbocycles. The summed E-state index contributed by atoms with van der Waals surface area (Å²) in [6, 6.07) is 7.82. The Kier molecular flexibility index (Phi) is 6.22. The second-order valence-electron chi connectivity index (χ2n) is 6.54. The van der Waals surface area contributed by atoms with Crippen molar-refractivity contribution in [1.82, 2.24) is 9.88 Å². The van der Waals surface area contributed by atoms with E-state index in [2.05, 4.69) is 15.2 Å². The maximum absolute atomic E-state index is 13.1. The summed E-state index contributed by atoms with van der Waals surface area (Å²) >= 11 is 11.2. The van der Waals surface area contributed by atoms with Crippen molar-refractivity contribution in [3.63, 3.8) is 0 Å². The van der Waals surface area contributed by atoms with Crippen LogP contribution in [0.15, 0.2) is 42.7 Å². The van der Waals surface area contributed by atoms with Gasteiger partial charge in [-0.2, -0.15) is 13.2 Å². The Hall–Kier alpha value is -1.86. The van der Waals surface area contributed by atoms with E-state index in [0.717, 1.165) is 37.3 Å². The largest absolute Gasteiger partial charge is 0.417 e. The normalized spacial score (nSPS) is 15.0. The SMILES string of the molecule is FC(F)(F)c1cc(NC(=S)N(Cc2ccncc2)C2CCCC2)ccc1Cl. The summed E-state index contributed by atoms with van der Waals surface area (Å²) in [6.07, 6.45) is 3.20. The third-order valence-electron chi connectivity index (χ3n) is 4.65. The van der Waals surface area contributed by atoms with E-state index in [9.17, 15) is 13.2 Å². The number of pyridine rings is 1. The number of rotatable bonds is 4. The van der Waals surface area contributed by atoms with Crippen LogP contribution < -0.4 is 5.32 Å². The molecule has 1 fully saturated rings. The van der Waals surface area contributed by atoms with Gasteiger partial charge in [-0.25, -0.2) is 0 Å². The van der Waals surface area contributed by atoms with E-state index in [1.54, 1.807) is 12.4 Å². The predicted octanol–water partition coefficient (Wildman–Crippen LogP) is 5.90. The summed E-state index contributed by atoms with van der Waals surface area (Å²) < 4.78 is 39.3. The van der Waals surface area contributed by atoms with Gasteiger partial charge in [-0.3, -0.25) is 4.98 Å². The predicted molar refractivity (Wildman–Crippen MR) is 105 cm³/mol. The van der Waals surface area contributed by atoms with Crippen molar-refractivity contribution in [2.45, 2.75) is 44.4 Å². The lowest BCUT2D eigenvalue weighted by Gasteiger charge is -2.32. The molecule has 1 aliphatic rings. The number of nitrogens with zero attached hydrogens (tertiary/aromatic N) is 2. The van der Waals surface area contributed by atoms with Crippen LogP contribution in [0.5, 0.6) is 0 Å². The monoisotopic (exact) mass is 413 g/mol. The maximum atomic E-state index is 13.1. The third kappa shape index (κ3) is 5.11. The minimum Gasteiger partial charge on any atom is -0.342 e. The van der Waals surface area contributed by atoms with E-state index in [-0.39, 0.29) is 16.8 Å². The zero-order chi connectivity index (χ0) is 19.4. The fourth-order valence-electron chi connectivity index (χ4n) is 3.28. The molecule has 0 radical (unpaired) electrons. The van der Waals surface area contributed by atoms with Gasteiger partial charge in [0.25, 0.3) is 0 Å². The van der Waals surface area contributed by atoms with E-state index in [1.807, 2.05) is 12.1 Å². The maximum Gasteiger partial charge on any atom is 0.417 e. The van der Waals surface area contributed by atoms with Crippen molar-refractivity contribution in [3.8, 4) is 0 Å². The summed E-state index contributed by atoms with van der Waals surface area (Å²) in [4.78, 5) is 6.07. The standard InChI is InChI=1S/C19H19ClF3N3S/c20-17-6-5-14(11-16(17)19(21,22)23)25-18(27)26(15-3-1-2-4-15)12-13-7-9-24-10-8-13/h5-11,15H,1-4,12H2,(H,25,27). The van der Waals surface area contributed by atoms with Gasteiger partial charge in [0.05, 0.1) is 10.6 Å². The topological polar surface area (TPSA) is 28.2 Å². The lowest BCUT2D eigenvalue weighted by molar-refractivity contribution is -0.137. The van der Waals surface area contributed by atoms with Crippen LogP contribution in [0.25, 0.3) is 0 Å². The molecule has 1 N–H and O–H groups in total. The summed E-state index contributed by atoms with van der Waals surface area (Å²) in [5, 5.41) is 3.04. The van der Waals surface area contributed by atoms with Crippen molar-refractivity contribution in [1.29, 1.82) is 0 Å². The van der Waals surface area contributed by atoms with Crippen LogP contribution in [-0.2, 0) is 12.7 Å². The van der Waals surface area contributed by atoms with Crippen molar-refractivity contribution in [2.24, 2.45) is 0 Å². The van der Waals surface area contributed by atoms with Gasteiger partial charge in [0, 0.05) is 30.7 Å². The zero-order valence-corrected chi connectivity index (χ0v) is 16.0. The number of nitrogens with one attached hydrogen (secondary N) is 1. The van der Waals surface area contributed by atoms with Gasteiger partial charge in [-0.15, -0.1) is 0 Å². The lowest BCUT2D eigenvalue weighted by atomic mass is 10.1. The number of hydrogen-bond donors (Lipinski definition) is 1. The van der Waals surface area contributed by atoms with Gasteiger partial charge < -0.3 is 10.2 Å². The Morgan fingerprint density at radius 1 is 1.19 bits per heavy atom. The van der Waals surface area contributed by atoms with Gasteiger partial charge in [0.15, 0.2) is 5.11 Å². The first kappa shape index (κ1) is 19.9. The van der Waals surface area contributed by atoms with Crippen molar-refractivity contribution in [2.75, 3.05) is 5.32 Å². The van der Waals surface area contributed by atoms with Crippen LogP contribution in [0.2, 0.25) is 5.02 Å². The third-order valence-corrected chi connectivity index (χ3v) is 5.32. The highest BCUT2D eigenvalue weighted by Gasteiger charge is 2.33. The highest BCUT2D eigenvalue weighted by Crippen LogP contribution is 2.36. The summed E-state index contributed by atoms with van der Waals surface area (Å²) in [5.74, 6) is 0. The Morgan fingerprint density at radius 2 is 1.85 bits per heavy atom. The van der Waals surface area contributed by atoms with Crippen LogP contribution in [0.3, 0.4) is 0 Å². The fraction of sp³-hybridized carbons (Fsp3) is 0.368. The molecule has 1 aromatic heterocycles. The van der Waals surface area contributed by atoms with Gasteiger partial charge in [0.1, 0.15) is 0 Å². The molecule has 1 aliphatic carbocycles. The highest BCUT2D eigenvalue weighted by atomic mass is 35.5. The Balaban J connectivity index is 1.80. The quantitative estimate of drug-likeness (QED) is 0.632. The number of alkyl halides is 3. The molecule has 1 heterocycles. The smallest absolute Gasteiger partial charge is 0.342 e. The molecular formula is C19H19ClF3N3S. The van der Waals surface area contributed by atoms with E-state index < -0.39 is 11.7 Å². The van der Waals surface area contributed by atoms with Gasteiger partial charge in [-0.05, 0) is 61.0 Å². The molecule has 27 heavy (non-hydrogen) atoms. The summed E-state index contributed by atoms with van der Waals surface area (Å²) in [7, 11) is 0. The molecule has 0 aliphatic heterocycles. The number of benzene rings is 1. The van der Waals surface area contributed by atoms with Crippen LogP contribution in [0.4, 0.5) is 18.9 Å². The molecule has 0 bridgehead atoms. The minimum atomic E-state index is -4.52. The van der Waals surface area contributed by atoms with E-state index in [4.69, 9.17) is 23.8 Å². The summed E-state index contributed by atoms with van der Waals surface area (Å²) in [5.41, 5.74) is 0.445. The number of anilines is 1. The van der Waals surface area contributed by atoms with Gasteiger partial charge in [0.2, 0.25) is 0 Å². The summed E-state index contributed by atoms with van der Waals surface area (Å²) in [6.45, 7) is 0.582. The van der Waals surface area contributed by atoms with Crippen LogP contribution >= 0.6 is 23.8 Å². The van der Waals surface area contributed by atoms with Crippen molar-refractivity contribution in [3.05, 3.63) is 58.9 Å². The second kappa shape index (κ2) is 8.44. The Bertz CT molecular complexity index is 793. The molecule has 0 atom stereocenters. The molecule has 0 amide bonds. The van der Waals surface area contributed by atoms with E-state index in [1.165, 1.54) is 12.1 Å². The van der Waals surface area contributed by atoms with Crippen molar-refractivity contribution >= 4 is 34.6 Å². The second-order valence-corrected chi connectivity index (χ2v) is 7.34. The van der Waals surface area contributed by atoms with E-state index in [0.29, 0.717) is 11.7 Å². The van der Waals surface area contributed by atoms with Crippen molar-refractivity contribution < 1.29 is 13.2 Å². The van der Waals surface area contributed by atoms with Crippen LogP contribution in [0.1, 0.15) is 36.8 Å². The van der Waals surface area contributed by atoms with E-state index >= 15 is 0 Å². The molecule has 8 heteroatoms. The minimum absolute atomic E-state index is 0.271. The Morgan fingerprint density at radius 3 is 2.48 bits per heavy atom. The van der Waals surface area contributed by atoms with Gasteiger partial charge >= 0.3 is 6.18 Å².